The predicted octanol–water partition coefficient (Wildman–Crippen LogP) is 9.48. The van der Waals surface area contributed by atoms with E-state index < -0.39 is 36.6 Å². The molecule has 0 aliphatic carbocycles. The van der Waals surface area contributed by atoms with E-state index in [-0.39, 0.29) is 67.6 Å². The number of β-amino-alcohol motifs (C(OH)–C–C–N with tert-alkyl or cyclic N) is 1. The van der Waals surface area contributed by atoms with Gasteiger partial charge in [0.25, 0.3) is 5.56 Å². The highest BCUT2D eigenvalue weighted by Crippen LogP contribution is 2.34. The number of rotatable bonds is 23. The lowest BCUT2D eigenvalue weighted by Crippen LogP contribution is -2.57. The zero-order chi connectivity index (χ0) is 54.7. The number of alkyl halides is 3. The molecular weight excluding hydrogens is 998 g/mol. The van der Waals surface area contributed by atoms with Crippen LogP contribution in [-0.2, 0) is 44.1 Å². The summed E-state index contributed by atoms with van der Waals surface area (Å²) >= 11 is 1.57. The van der Waals surface area contributed by atoms with Crippen molar-refractivity contribution >= 4 is 46.0 Å². The number of aryl methyl sites for hydroxylation is 3. The number of benzene rings is 2. The maximum absolute atomic E-state index is 14.0. The van der Waals surface area contributed by atoms with Crippen molar-refractivity contribution in [2.75, 3.05) is 26.2 Å². The third kappa shape index (κ3) is 15.4. The molecule has 15 nitrogen and oxygen atoms in total. The fraction of sp³-hybridized carbons (Fsp3) is 0.561. The Morgan fingerprint density at radius 3 is 2.13 bits per heavy atom. The van der Waals surface area contributed by atoms with Crippen LogP contribution < -0.4 is 16.2 Å². The molecule has 5 aromatic rings. The van der Waals surface area contributed by atoms with Crippen LogP contribution in [0.2, 0.25) is 0 Å². The minimum Gasteiger partial charge on any atom is -0.391 e. The number of imidazole rings is 1. The fourth-order valence-corrected chi connectivity index (χ4v) is 11.3. The van der Waals surface area contributed by atoms with Gasteiger partial charge in [-0.1, -0.05) is 96.0 Å². The average Bonchev–Trinajstić information content (AvgIpc) is 4.11. The lowest BCUT2D eigenvalue weighted by Gasteiger charge is -2.35. The van der Waals surface area contributed by atoms with E-state index in [0.717, 1.165) is 84.2 Å². The normalized spacial score (nSPS) is 16.9. The molecule has 2 aliphatic heterocycles. The highest BCUT2D eigenvalue weighted by atomic mass is 32.1. The summed E-state index contributed by atoms with van der Waals surface area (Å²) in [6.07, 6.45) is 6.76. The first-order chi connectivity index (χ1) is 36.2. The Kier molecular flexibility index (Phi) is 19.7. The van der Waals surface area contributed by atoms with Gasteiger partial charge >= 0.3 is 6.36 Å². The van der Waals surface area contributed by atoms with Gasteiger partial charge in [0.1, 0.15) is 17.9 Å². The van der Waals surface area contributed by atoms with E-state index in [1.165, 1.54) is 9.47 Å². The number of carbonyl (C=O) groups excluding carboxylic acids is 4. The van der Waals surface area contributed by atoms with Crippen LogP contribution in [-0.4, -0.2) is 108 Å². The summed E-state index contributed by atoms with van der Waals surface area (Å²) in [7, 11) is 1.68. The number of aliphatic hydroxyl groups is 1. The smallest absolute Gasteiger partial charge is 0.391 e. The number of likely N-dealkylation sites (tertiary alicyclic amines) is 2. The second kappa shape index (κ2) is 25.9. The van der Waals surface area contributed by atoms with Gasteiger partial charge in [0.15, 0.2) is 0 Å². The summed E-state index contributed by atoms with van der Waals surface area (Å²) in [5, 5.41) is 16.5. The summed E-state index contributed by atoms with van der Waals surface area (Å²) in [6.45, 7) is 10.1. The molecule has 2 aliphatic rings. The molecule has 0 unspecified atom stereocenters. The van der Waals surface area contributed by atoms with Gasteiger partial charge in [0.2, 0.25) is 23.6 Å². The quantitative estimate of drug-likeness (QED) is 0.0537. The van der Waals surface area contributed by atoms with Crippen LogP contribution in [0.3, 0.4) is 0 Å². The molecule has 76 heavy (non-hydrogen) atoms. The van der Waals surface area contributed by atoms with Crippen molar-refractivity contribution in [3.8, 4) is 21.6 Å². The number of aliphatic hydroxyl groups excluding tert-OH is 1. The number of hydrogen-bond donors (Lipinski definition) is 3. The molecular formula is C57H75F3N8O7S. The number of halogens is 3. The summed E-state index contributed by atoms with van der Waals surface area (Å²) in [5.74, 6) is -0.199. The number of amides is 4. The molecule has 3 atom stereocenters. The summed E-state index contributed by atoms with van der Waals surface area (Å²) < 4.78 is 46.7. The molecule has 0 spiro atoms. The molecule has 3 aromatic heterocycles. The summed E-state index contributed by atoms with van der Waals surface area (Å²) in [6, 6.07) is 13.6. The Hall–Kier alpha value is -5.92. The van der Waals surface area contributed by atoms with Crippen molar-refractivity contribution in [1.29, 1.82) is 0 Å². The first-order valence-electron chi connectivity index (χ1n) is 26.9. The molecule has 0 radical (unpaired) electrons. The molecule has 5 heterocycles. The highest BCUT2D eigenvalue weighted by Gasteiger charge is 2.44. The number of hydrogen-bond acceptors (Lipinski definition) is 10. The molecule has 4 amide bonds. The maximum Gasteiger partial charge on any atom is 0.522 e. The minimum absolute atomic E-state index is 0.0139. The van der Waals surface area contributed by atoms with Crippen LogP contribution in [0.1, 0.15) is 139 Å². The van der Waals surface area contributed by atoms with Crippen LogP contribution >= 0.6 is 11.3 Å². The molecule has 3 N–H and O–H groups in total. The largest absolute Gasteiger partial charge is 0.522 e. The van der Waals surface area contributed by atoms with E-state index in [4.69, 9.17) is 4.98 Å². The Morgan fingerprint density at radius 1 is 0.868 bits per heavy atom. The Balaban J connectivity index is 0.775. The third-order valence-electron chi connectivity index (χ3n) is 14.8. The van der Waals surface area contributed by atoms with Crippen LogP contribution in [0.4, 0.5) is 13.2 Å². The molecule has 7 rings (SSSR count). The van der Waals surface area contributed by atoms with Gasteiger partial charge in [-0.15, -0.1) is 24.5 Å². The van der Waals surface area contributed by atoms with Gasteiger partial charge in [0.05, 0.1) is 39.8 Å². The molecule has 19 heteroatoms. The summed E-state index contributed by atoms with van der Waals surface area (Å²) in [4.78, 5) is 79.9. The van der Waals surface area contributed by atoms with Gasteiger partial charge < -0.3 is 34.7 Å². The lowest BCUT2D eigenvalue weighted by molar-refractivity contribution is -0.325. The number of fused-ring (bicyclic) bond motifs is 1. The molecule has 2 fully saturated rings. The monoisotopic (exact) mass is 1070 g/mol. The number of thiazole rings is 1. The molecule has 412 valence electrons. The van der Waals surface area contributed by atoms with E-state index in [0.29, 0.717) is 61.2 Å². The van der Waals surface area contributed by atoms with Crippen molar-refractivity contribution in [2.45, 2.75) is 168 Å². The first-order valence-corrected chi connectivity index (χ1v) is 27.8. The number of carbonyl (C=O) groups is 4. The number of nitrogens with one attached hydrogen (secondary N) is 2. The number of aromatic nitrogens is 4. The molecule has 2 aromatic carbocycles. The van der Waals surface area contributed by atoms with E-state index in [1.807, 2.05) is 85.1 Å². The van der Waals surface area contributed by atoms with Crippen molar-refractivity contribution < 1.29 is 42.2 Å². The van der Waals surface area contributed by atoms with Gasteiger partial charge in [-0.25, -0.2) is 9.97 Å². The number of ether oxygens (including phenoxy) is 1. The zero-order valence-corrected chi connectivity index (χ0v) is 45.7. The van der Waals surface area contributed by atoms with E-state index >= 15 is 0 Å². The Labute approximate surface area is 447 Å². The average molecular weight is 1070 g/mol. The van der Waals surface area contributed by atoms with E-state index in [9.17, 15) is 42.3 Å². The highest BCUT2D eigenvalue weighted by molar-refractivity contribution is 7.13. The van der Waals surface area contributed by atoms with Crippen molar-refractivity contribution in [1.82, 2.24) is 39.5 Å². The number of nitrogens with zero attached hydrogens (tertiary/aromatic N) is 6. The third-order valence-corrected chi connectivity index (χ3v) is 15.8. The Bertz CT molecular complexity index is 2820. The van der Waals surface area contributed by atoms with Gasteiger partial charge in [-0.2, -0.15) is 0 Å². The van der Waals surface area contributed by atoms with Gasteiger partial charge in [-0.05, 0) is 85.4 Å². The summed E-state index contributed by atoms with van der Waals surface area (Å²) in [5.41, 5.74) is 7.53. The minimum atomic E-state index is -4.76. The maximum atomic E-state index is 14.0. The Morgan fingerprint density at radius 2 is 1.51 bits per heavy atom. The SMILES string of the molecule is Cc1ncsc1-c1ccc(CNC(=O)[C@@H]2C[C@@H](O)CN2C(=O)[C@H](NC(=O)CCCCCCCCCCCC(=O)N2CCC(c3nc4ccc(-c5cc(C)c(=O)n(C)c5)cc4n3CCOC(F)(F)F)CC2)C(C)(C)C)cc1. The second-order valence-corrected chi connectivity index (χ2v) is 22.6. The van der Waals surface area contributed by atoms with Crippen molar-refractivity contribution in [3.63, 3.8) is 0 Å². The van der Waals surface area contributed by atoms with Crippen LogP contribution in [0, 0.1) is 19.3 Å². The number of piperidine rings is 1. The molecule has 0 saturated carbocycles. The number of unbranched alkanes of at least 4 members (excludes halogenated alkanes) is 8. The topological polar surface area (TPSA) is 181 Å². The van der Waals surface area contributed by atoms with Gasteiger partial charge in [-0.3, -0.25) is 28.7 Å². The van der Waals surface area contributed by atoms with Crippen molar-refractivity contribution in [3.05, 3.63) is 93.2 Å². The lowest BCUT2D eigenvalue weighted by atomic mass is 9.85. The van der Waals surface area contributed by atoms with E-state index in [1.54, 1.807) is 37.6 Å². The fourth-order valence-electron chi connectivity index (χ4n) is 10.5. The molecule has 2 saturated heterocycles. The first kappa shape index (κ1) is 57.8. The van der Waals surface area contributed by atoms with Gasteiger partial charge in [0, 0.05) is 76.7 Å². The van der Waals surface area contributed by atoms with Crippen LogP contribution in [0.25, 0.3) is 32.6 Å². The standard InChI is InChI=1S/C57H75F3N8O7S/c1-37-30-43(34-65(6)54(37)73)42-22-23-45-46(31-42)67(28-29-75-57(58,59)60)52(63-45)41-24-26-66(27-25-41)49(71)17-15-13-11-9-7-8-10-12-14-16-48(70)64-51(56(3,4)5)55(74)68-35-44(69)32-47(68)53(72)61-33-39-18-20-40(21-19-39)50-38(2)62-36-76-50/h18-23,30-31,34,36,41,44,47,51,69H,7-17,24-29,32-33,35H2,1-6H3,(H,61,72)(H,64,70)/t44-,47+,51+/m1/s1. The predicted molar refractivity (Wildman–Crippen MR) is 288 cm³/mol. The number of pyridine rings is 1. The second-order valence-electron chi connectivity index (χ2n) is 21.7. The van der Waals surface area contributed by atoms with E-state index in [2.05, 4.69) is 20.4 Å². The van der Waals surface area contributed by atoms with Crippen LogP contribution in [0.15, 0.2) is 65.0 Å². The van der Waals surface area contributed by atoms with Crippen molar-refractivity contribution in [2.24, 2.45) is 12.5 Å². The zero-order valence-electron chi connectivity index (χ0n) is 44.8. The van der Waals surface area contributed by atoms with Crippen LogP contribution in [0.5, 0.6) is 0 Å². The molecule has 0 bridgehead atoms.